The minimum absolute atomic E-state index is 0.0528. The normalized spacial score (nSPS) is 14.7. The highest BCUT2D eigenvalue weighted by Crippen LogP contribution is 2.27. The van der Waals surface area contributed by atoms with E-state index in [1.165, 1.54) is 35.9 Å². The first-order chi connectivity index (χ1) is 11.8. The number of carbonyl (C=O) groups is 1. The van der Waals surface area contributed by atoms with Gasteiger partial charge in [0.2, 0.25) is 5.78 Å². The molecule has 1 N–H and O–H groups in total. The molecule has 8 heteroatoms. The van der Waals surface area contributed by atoms with Gasteiger partial charge in [0.05, 0.1) is 10.2 Å². The second kappa shape index (κ2) is 6.44. The highest BCUT2D eigenvalue weighted by molar-refractivity contribution is 9.10. The van der Waals surface area contributed by atoms with Crippen LogP contribution in [0.2, 0.25) is 0 Å². The third kappa shape index (κ3) is 2.86. The number of nitrogens with one attached hydrogen (secondary N) is 1. The number of aromatic nitrogens is 2. The van der Waals surface area contributed by atoms with E-state index in [-0.39, 0.29) is 21.6 Å². The molecule has 2 aromatic rings. The van der Waals surface area contributed by atoms with E-state index in [1.807, 2.05) is 6.92 Å². The molecule has 1 aromatic carbocycles. The predicted molar refractivity (Wildman–Crippen MR) is 96.3 cm³/mol. The van der Waals surface area contributed by atoms with Gasteiger partial charge in [-0.1, -0.05) is 13.0 Å². The van der Waals surface area contributed by atoms with E-state index in [4.69, 9.17) is 0 Å². The fraction of sp³-hybridized carbons (Fsp3) is 0.235. The lowest BCUT2D eigenvalue weighted by Crippen LogP contribution is -2.40. The molecule has 130 valence electrons. The molecule has 0 spiro atoms. The zero-order valence-electron chi connectivity index (χ0n) is 13.6. The molecule has 1 aliphatic heterocycles. The first-order valence-electron chi connectivity index (χ1n) is 7.67. The molecule has 0 atom stereocenters. The summed E-state index contributed by atoms with van der Waals surface area (Å²) in [7, 11) is 1.35. The third-order valence-electron chi connectivity index (χ3n) is 3.97. The van der Waals surface area contributed by atoms with Gasteiger partial charge in [-0.2, -0.15) is 0 Å². The Bertz CT molecular complexity index is 1040. The van der Waals surface area contributed by atoms with Gasteiger partial charge in [-0.3, -0.25) is 18.7 Å². The largest absolute Gasteiger partial charge is 0.338 e. The number of nitrogens with zero attached hydrogens (tertiary/aromatic N) is 2. The molecule has 1 aliphatic rings. The Balaban J connectivity index is 2.15. The minimum Gasteiger partial charge on any atom is -0.338 e. The summed E-state index contributed by atoms with van der Waals surface area (Å²) in [5.74, 6) is -0.685. The molecular weight excluding hydrogens is 393 g/mol. The van der Waals surface area contributed by atoms with Crippen LogP contribution in [-0.2, 0) is 13.6 Å². The van der Waals surface area contributed by atoms with E-state index >= 15 is 0 Å². The van der Waals surface area contributed by atoms with E-state index < -0.39 is 22.8 Å². The maximum Gasteiger partial charge on any atom is 0.332 e. The van der Waals surface area contributed by atoms with Crippen molar-refractivity contribution in [1.29, 1.82) is 0 Å². The van der Waals surface area contributed by atoms with Crippen molar-refractivity contribution >= 4 is 33.6 Å². The number of fused-ring (bicyclic) bond motifs is 1. The number of ketones is 1. The van der Waals surface area contributed by atoms with Gasteiger partial charge < -0.3 is 5.32 Å². The van der Waals surface area contributed by atoms with Crippen LogP contribution in [0.5, 0.6) is 0 Å². The summed E-state index contributed by atoms with van der Waals surface area (Å²) in [4.78, 5) is 37.3. The molecule has 1 aromatic heterocycles. The van der Waals surface area contributed by atoms with E-state index in [1.54, 1.807) is 0 Å². The van der Waals surface area contributed by atoms with Crippen LogP contribution in [0.3, 0.4) is 0 Å². The van der Waals surface area contributed by atoms with Crippen molar-refractivity contribution in [3.8, 4) is 0 Å². The first-order valence-corrected chi connectivity index (χ1v) is 8.46. The molecular formula is C17H15BrFN3O3. The summed E-state index contributed by atoms with van der Waals surface area (Å²) in [5, 5.41) is 2.88. The van der Waals surface area contributed by atoms with Crippen LogP contribution < -0.4 is 16.6 Å². The van der Waals surface area contributed by atoms with Gasteiger partial charge in [0, 0.05) is 13.6 Å². The number of benzene rings is 1. The zero-order valence-corrected chi connectivity index (χ0v) is 15.2. The molecule has 2 heterocycles. The van der Waals surface area contributed by atoms with Crippen LogP contribution >= 0.6 is 15.9 Å². The van der Waals surface area contributed by atoms with E-state index in [0.29, 0.717) is 18.5 Å². The Morgan fingerprint density at radius 2 is 2.00 bits per heavy atom. The number of rotatable bonds is 3. The van der Waals surface area contributed by atoms with Crippen LogP contribution in [0.4, 0.5) is 10.2 Å². The molecule has 0 saturated carbocycles. The minimum atomic E-state index is -0.631. The van der Waals surface area contributed by atoms with Crippen molar-refractivity contribution in [2.75, 3.05) is 5.32 Å². The van der Waals surface area contributed by atoms with Crippen LogP contribution in [-0.4, -0.2) is 14.9 Å². The fourth-order valence-electron chi connectivity index (χ4n) is 2.72. The number of allylic oxidation sites excluding steroid dienone is 1. The van der Waals surface area contributed by atoms with Crippen LogP contribution in [0.1, 0.15) is 29.3 Å². The molecule has 0 unspecified atom stereocenters. The number of hydrogen-bond donors (Lipinski definition) is 1. The summed E-state index contributed by atoms with van der Waals surface area (Å²) in [6, 6.07) is 4.31. The lowest BCUT2D eigenvalue weighted by molar-refractivity contribution is 0.104. The number of hydrogen-bond acceptors (Lipinski definition) is 4. The molecule has 0 amide bonds. The topological polar surface area (TPSA) is 73.1 Å². The van der Waals surface area contributed by atoms with Crippen molar-refractivity contribution in [3.63, 3.8) is 0 Å². The van der Waals surface area contributed by atoms with Crippen molar-refractivity contribution in [2.24, 2.45) is 7.05 Å². The van der Waals surface area contributed by atoms with Gasteiger partial charge in [-0.15, -0.1) is 0 Å². The summed E-state index contributed by atoms with van der Waals surface area (Å²) in [6.07, 6.45) is 2.19. The summed E-state index contributed by atoms with van der Waals surface area (Å²) >= 11 is 3.09. The summed E-state index contributed by atoms with van der Waals surface area (Å²) in [5.41, 5.74) is -0.410. The Morgan fingerprint density at radius 3 is 2.64 bits per heavy atom. The van der Waals surface area contributed by atoms with Gasteiger partial charge in [-0.05, 0) is 46.1 Å². The second-order valence-electron chi connectivity index (χ2n) is 5.71. The highest BCUT2D eigenvalue weighted by atomic mass is 79.9. The lowest BCUT2D eigenvalue weighted by Gasteiger charge is -2.11. The highest BCUT2D eigenvalue weighted by Gasteiger charge is 2.32. The molecule has 25 heavy (non-hydrogen) atoms. The molecule has 0 aliphatic carbocycles. The Kier molecular flexibility index (Phi) is 4.47. The second-order valence-corrected chi connectivity index (χ2v) is 6.56. The number of Topliss-reactive ketones (excluding diaryl/α,β-unsaturated/α-hetero) is 1. The maximum absolute atomic E-state index is 13.4. The molecule has 6 nitrogen and oxygen atoms in total. The number of halogens is 2. The van der Waals surface area contributed by atoms with Gasteiger partial charge in [0.15, 0.2) is 0 Å². The Morgan fingerprint density at radius 1 is 1.28 bits per heavy atom. The van der Waals surface area contributed by atoms with Gasteiger partial charge in [-0.25, -0.2) is 9.18 Å². The smallest absolute Gasteiger partial charge is 0.332 e. The van der Waals surface area contributed by atoms with Crippen molar-refractivity contribution in [3.05, 3.63) is 66.2 Å². The average molecular weight is 408 g/mol. The van der Waals surface area contributed by atoms with Crippen LogP contribution in [0, 0.1) is 5.82 Å². The van der Waals surface area contributed by atoms with Crippen LogP contribution in [0.15, 0.2) is 38.0 Å². The maximum atomic E-state index is 13.4. The average Bonchev–Trinajstić information content (AvgIpc) is 2.89. The van der Waals surface area contributed by atoms with Gasteiger partial charge >= 0.3 is 5.69 Å². The summed E-state index contributed by atoms with van der Waals surface area (Å²) < 4.78 is 15.9. The standard InChI is InChI=1S/C17H15BrFN3O3/c1-3-6-22-15-13(16(24)21(2)17(22)25)14(23)12(20-15)8-9-4-5-11(19)10(18)7-9/h4-5,7-8,20H,3,6H2,1-2H3/b12-8+. The van der Waals surface area contributed by atoms with Crippen LogP contribution in [0.25, 0.3) is 6.08 Å². The molecule has 3 rings (SSSR count). The summed E-state index contributed by atoms with van der Waals surface area (Å²) in [6.45, 7) is 2.28. The molecule has 0 fully saturated rings. The monoisotopic (exact) mass is 407 g/mol. The van der Waals surface area contributed by atoms with Gasteiger partial charge in [0.1, 0.15) is 17.2 Å². The quantitative estimate of drug-likeness (QED) is 0.793. The number of carbonyl (C=O) groups excluding carboxylic acids is 1. The predicted octanol–water partition coefficient (Wildman–Crippen LogP) is 2.51. The Labute approximate surface area is 150 Å². The van der Waals surface area contributed by atoms with E-state index in [9.17, 15) is 18.8 Å². The van der Waals surface area contributed by atoms with E-state index in [2.05, 4.69) is 21.2 Å². The fourth-order valence-corrected chi connectivity index (χ4v) is 3.12. The van der Waals surface area contributed by atoms with Crippen molar-refractivity contribution in [2.45, 2.75) is 19.9 Å². The third-order valence-corrected chi connectivity index (χ3v) is 4.58. The number of anilines is 1. The molecule has 0 bridgehead atoms. The zero-order chi connectivity index (χ0) is 18.3. The molecule has 0 saturated heterocycles. The Hall–Kier alpha value is -2.48. The van der Waals surface area contributed by atoms with E-state index in [0.717, 1.165) is 4.57 Å². The first kappa shape index (κ1) is 17.3. The van der Waals surface area contributed by atoms with Crippen molar-refractivity contribution < 1.29 is 9.18 Å². The molecule has 0 radical (unpaired) electrons. The van der Waals surface area contributed by atoms with Crippen molar-refractivity contribution in [1.82, 2.24) is 9.13 Å². The SMILES string of the molecule is CCCn1c2c(c(=O)n(C)c1=O)C(=O)/C(=C\c1ccc(F)c(Br)c1)N2. The van der Waals surface area contributed by atoms with Gasteiger partial charge in [0.25, 0.3) is 5.56 Å². The lowest BCUT2D eigenvalue weighted by atomic mass is 10.1.